The molecule has 0 saturated carbocycles. The van der Waals surface area contributed by atoms with Crippen molar-refractivity contribution in [2.45, 2.75) is 20.3 Å². The lowest BCUT2D eigenvalue weighted by molar-refractivity contribution is 0.0928. The summed E-state index contributed by atoms with van der Waals surface area (Å²) < 4.78 is 0. The van der Waals surface area contributed by atoms with E-state index in [0.717, 1.165) is 0 Å². The molecule has 1 aliphatic carbocycles. The molecular formula is C13H12O4. The van der Waals surface area contributed by atoms with E-state index in [-0.39, 0.29) is 28.2 Å². The maximum atomic E-state index is 11.9. The Morgan fingerprint density at radius 1 is 1.12 bits per heavy atom. The Balaban J connectivity index is 2.81. The molecule has 0 amide bonds. The van der Waals surface area contributed by atoms with Crippen LogP contribution in [0, 0.1) is 0 Å². The number of hydrogen-bond acceptors (Lipinski definition) is 4. The smallest absolute Gasteiger partial charge is 0.228 e. The zero-order valence-electron chi connectivity index (χ0n) is 9.57. The number of fused-ring (bicyclic) bond motifs is 1. The molecule has 0 heterocycles. The quantitative estimate of drug-likeness (QED) is 0.778. The van der Waals surface area contributed by atoms with Crippen molar-refractivity contribution >= 4 is 11.6 Å². The van der Waals surface area contributed by atoms with E-state index < -0.39 is 11.5 Å². The highest BCUT2D eigenvalue weighted by atomic mass is 16.3. The lowest BCUT2D eigenvalue weighted by Gasteiger charge is -2.18. The monoisotopic (exact) mass is 232 g/mol. The summed E-state index contributed by atoms with van der Waals surface area (Å²) in [5.74, 6) is -1.51. The van der Waals surface area contributed by atoms with Gasteiger partial charge in [-0.3, -0.25) is 9.59 Å². The van der Waals surface area contributed by atoms with Gasteiger partial charge in [-0.2, -0.15) is 0 Å². The van der Waals surface area contributed by atoms with Gasteiger partial charge in [0.1, 0.15) is 5.75 Å². The number of benzene rings is 1. The van der Waals surface area contributed by atoms with Crippen LogP contribution in [0.2, 0.25) is 0 Å². The molecule has 2 N–H and O–H groups in total. The molecule has 0 atom stereocenters. The van der Waals surface area contributed by atoms with Crippen molar-refractivity contribution in [3.8, 4) is 5.75 Å². The molecule has 17 heavy (non-hydrogen) atoms. The molecule has 4 heteroatoms. The average Bonchev–Trinajstić information content (AvgIpc) is 2.33. The molecule has 1 aliphatic rings. The molecule has 1 aromatic rings. The normalized spacial score (nSPS) is 15.2. The van der Waals surface area contributed by atoms with Gasteiger partial charge < -0.3 is 10.2 Å². The maximum absolute atomic E-state index is 11.9. The Morgan fingerprint density at radius 2 is 1.76 bits per heavy atom. The lowest BCUT2D eigenvalue weighted by Crippen LogP contribution is -2.22. The molecule has 4 nitrogen and oxygen atoms in total. The summed E-state index contributed by atoms with van der Waals surface area (Å²) in [5, 5.41) is 19.3. The van der Waals surface area contributed by atoms with Gasteiger partial charge in [0, 0.05) is 22.3 Å². The number of ketones is 2. The van der Waals surface area contributed by atoms with Crippen LogP contribution in [0.3, 0.4) is 0 Å². The summed E-state index contributed by atoms with van der Waals surface area (Å²) in [5.41, 5.74) is 0.829. The SMILES string of the molecule is CCc1c(O)ccc2c1C(=O)C(O)=C(C)C2=O. The fourth-order valence-corrected chi connectivity index (χ4v) is 2.04. The second-order valence-electron chi connectivity index (χ2n) is 3.97. The molecule has 88 valence electrons. The predicted octanol–water partition coefficient (Wildman–Crippen LogP) is 2.17. The van der Waals surface area contributed by atoms with E-state index in [2.05, 4.69) is 0 Å². The first kappa shape index (κ1) is 11.4. The van der Waals surface area contributed by atoms with Crippen LogP contribution in [0.25, 0.3) is 0 Å². The molecule has 0 bridgehead atoms. The standard InChI is InChI=1S/C13H12O4/c1-3-7-9(14)5-4-8-10(7)13(17)12(16)6(2)11(8)15/h4-5,14,16H,3H2,1-2H3. The predicted molar refractivity (Wildman–Crippen MR) is 61.5 cm³/mol. The molecular weight excluding hydrogens is 220 g/mol. The van der Waals surface area contributed by atoms with E-state index >= 15 is 0 Å². The van der Waals surface area contributed by atoms with Gasteiger partial charge in [-0.1, -0.05) is 6.92 Å². The first-order valence-electron chi connectivity index (χ1n) is 5.33. The number of rotatable bonds is 1. The number of hydrogen-bond donors (Lipinski definition) is 2. The van der Waals surface area contributed by atoms with Gasteiger partial charge in [-0.05, 0) is 25.5 Å². The summed E-state index contributed by atoms with van der Waals surface area (Å²) >= 11 is 0. The minimum absolute atomic E-state index is 0.0280. The summed E-state index contributed by atoms with van der Waals surface area (Å²) in [6, 6.07) is 2.82. The number of allylic oxidation sites excluding steroid dienone is 2. The number of phenolic OH excluding ortho intramolecular Hbond substituents is 1. The van der Waals surface area contributed by atoms with Gasteiger partial charge in [0.15, 0.2) is 11.5 Å². The molecule has 0 radical (unpaired) electrons. The zero-order valence-corrected chi connectivity index (χ0v) is 9.57. The Labute approximate surface area is 98.2 Å². The van der Waals surface area contributed by atoms with Crippen molar-refractivity contribution in [3.63, 3.8) is 0 Å². The summed E-state index contributed by atoms with van der Waals surface area (Å²) in [6.07, 6.45) is 0.417. The van der Waals surface area contributed by atoms with Crippen molar-refractivity contribution in [1.29, 1.82) is 0 Å². The highest BCUT2D eigenvalue weighted by Crippen LogP contribution is 2.32. The van der Waals surface area contributed by atoms with Gasteiger partial charge in [-0.25, -0.2) is 0 Å². The second kappa shape index (κ2) is 3.73. The van der Waals surface area contributed by atoms with Crippen LogP contribution in [-0.2, 0) is 6.42 Å². The Hall–Kier alpha value is -2.10. The molecule has 2 rings (SSSR count). The van der Waals surface area contributed by atoms with E-state index in [9.17, 15) is 19.8 Å². The van der Waals surface area contributed by atoms with E-state index in [1.807, 2.05) is 0 Å². The van der Waals surface area contributed by atoms with Gasteiger partial charge >= 0.3 is 0 Å². The minimum atomic E-state index is -0.593. The maximum Gasteiger partial charge on any atom is 0.228 e. The Kier molecular flexibility index (Phi) is 2.50. The number of aliphatic hydroxyl groups is 1. The number of aromatic hydroxyl groups is 1. The van der Waals surface area contributed by atoms with Crippen molar-refractivity contribution in [2.24, 2.45) is 0 Å². The molecule has 0 saturated heterocycles. The highest BCUT2D eigenvalue weighted by Gasteiger charge is 2.32. The zero-order chi connectivity index (χ0) is 12.7. The average molecular weight is 232 g/mol. The molecule has 0 fully saturated rings. The molecule has 0 unspecified atom stereocenters. The summed E-state index contributed by atoms with van der Waals surface area (Å²) in [4.78, 5) is 23.8. The van der Waals surface area contributed by atoms with Crippen LogP contribution in [0.1, 0.15) is 40.1 Å². The van der Waals surface area contributed by atoms with Crippen molar-refractivity contribution in [1.82, 2.24) is 0 Å². The molecule has 1 aromatic carbocycles. The fraction of sp³-hybridized carbons (Fsp3) is 0.231. The third kappa shape index (κ3) is 1.45. The van der Waals surface area contributed by atoms with Gasteiger partial charge in [-0.15, -0.1) is 0 Å². The largest absolute Gasteiger partial charge is 0.508 e. The third-order valence-electron chi connectivity index (χ3n) is 3.02. The van der Waals surface area contributed by atoms with Crippen LogP contribution in [0.4, 0.5) is 0 Å². The minimum Gasteiger partial charge on any atom is -0.508 e. The Bertz CT molecular complexity index is 567. The molecule has 0 aromatic heterocycles. The fourth-order valence-electron chi connectivity index (χ4n) is 2.04. The van der Waals surface area contributed by atoms with E-state index in [4.69, 9.17) is 0 Å². The lowest BCUT2D eigenvalue weighted by atomic mass is 9.85. The van der Waals surface area contributed by atoms with Gasteiger partial charge in [0.25, 0.3) is 0 Å². The summed E-state index contributed by atoms with van der Waals surface area (Å²) in [6.45, 7) is 3.19. The van der Waals surface area contributed by atoms with Crippen molar-refractivity contribution in [3.05, 3.63) is 40.2 Å². The third-order valence-corrected chi connectivity index (χ3v) is 3.02. The highest BCUT2D eigenvalue weighted by molar-refractivity contribution is 6.26. The number of phenols is 1. The van der Waals surface area contributed by atoms with Gasteiger partial charge in [0.2, 0.25) is 5.78 Å². The first-order valence-corrected chi connectivity index (χ1v) is 5.33. The first-order chi connectivity index (χ1) is 7.99. The second-order valence-corrected chi connectivity index (χ2v) is 3.97. The number of aliphatic hydroxyl groups excluding tert-OH is 1. The Morgan fingerprint density at radius 3 is 2.35 bits per heavy atom. The number of Topliss-reactive ketones (excluding diaryl/α,β-unsaturated/α-hetero) is 2. The topological polar surface area (TPSA) is 74.6 Å². The van der Waals surface area contributed by atoms with Crippen LogP contribution < -0.4 is 0 Å². The van der Waals surface area contributed by atoms with E-state index in [1.165, 1.54) is 19.1 Å². The van der Waals surface area contributed by atoms with E-state index in [1.54, 1.807) is 6.92 Å². The van der Waals surface area contributed by atoms with Crippen LogP contribution >= 0.6 is 0 Å². The van der Waals surface area contributed by atoms with Crippen LogP contribution in [-0.4, -0.2) is 21.8 Å². The number of carbonyl (C=O) groups excluding carboxylic acids is 2. The summed E-state index contributed by atoms with van der Waals surface area (Å²) in [7, 11) is 0. The molecule has 0 spiro atoms. The van der Waals surface area contributed by atoms with Crippen LogP contribution in [0.15, 0.2) is 23.5 Å². The van der Waals surface area contributed by atoms with Crippen LogP contribution in [0.5, 0.6) is 5.75 Å². The van der Waals surface area contributed by atoms with Gasteiger partial charge in [0.05, 0.1) is 0 Å². The van der Waals surface area contributed by atoms with Crippen molar-refractivity contribution < 1.29 is 19.8 Å². The molecule has 0 aliphatic heterocycles. The number of carbonyl (C=O) groups is 2. The van der Waals surface area contributed by atoms with E-state index in [0.29, 0.717) is 12.0 Å². The van der Waals surface area contributed by atoms with Crippen molar-refractivity contribution in [2.75, 3.05) is 0 Å².